The van der Waals surface area contributed by atoms with Gasteiger partial charge in [-0.2, -0.15) is 0 Å². The third kappa shape index (κ3) is 4.15. The largest absolute Gasteiger partial charge is 0.490 e. The molecule has 0 aromatic heterocycles. The van der Waals surface area contributed by atoms with Crippen molar-refractivity contribution in [2.45, 2.75) is 52.6 Å². The van der Waals surface area contributed by atoms with Crippen LogP contribution in [0, 0.1) is 11.3 Å². The molecule has 3 nitrogen and oxygen atoms in total. The van der Waals surface area contributed by atoms with Crippen LogP contribution in [0.1, 0.15) is 56.8 Å². The lowest BCUT2D eigenvalue weighted by Crippen LogP contribution is -2.30. The lowest BCUT2D eigenvalue weighted by Gasteiger charge is -2.37. The summed E-state index contributed by atoms with van der Waals surface area (Å²) in [7, 11) is 1.65. The van der Waals surface area contributed by atoms with Crippen molar-refractivity contribution in [2.75, 3.05) is 7.05 Å². The summed E-state index contributed by atoms with van der Waals surface area (Å²) in [6, 6.07) is 11.9. The van der Waals surface area contributed by atoms with Gasteiger partial charge >= 0.3 is 0 Å². The zero-order valence-electron chi connectivity index (χ0n) is 15.8. The Kier molecular flexibility index (Phi) is 5.03. The van der Waals surface area contributed by atoms with Gasteiger partial charge in [-0.3, -0.25) is 4.79 Å². The third-order valence-electron chi connectivity index (χ3n) is 5.50. The Morgan fingerprint density at radius 2 is 1.64 bits per heavy atom. The van der Waals surface area contributed by atoms with Crippen molar-refractivity contribution in [1.29, 1.82) is 0 Å². The van der Waals surface area contributed by atoms with Crippen molar-refractivity contribution in [2.24, 2.45) is 11.3 Å². The van der Waals surface area contributed by atoms with Gasteiger partial charge in [0, 0.05) is 12.6 Å². The molecule has 0 saturated heterocycles. The minimum Gasteiger partial charge on any atom is -0.490 e. The van der Waals surface area contributed by atoms with Gasteiger partial charge in [-0.1, -0.05) is 32.9 Å². The smallest absolute Gasteiger partial charge is 0.251 e. The second kappa shape index (κ2) is 7.07. The molecule has 2 aromatic carbocycles. The van der Waals surface area contributed by atoms with Crippen LogP contribution in [-0.4, -0.2) is 19.1 Å². The zero-order chi connectivity index (χ0) is 18.0. The summed E-state index contributed by atoms with van der Waals surface area (Å²) in [4.78, 5) is 11.7. The summed E-state index contributed by atoms with van der Waals surface area (Å²) in [6.07, 6.45) is 5.08. The van der Waals surface area contributed by atoms with E-state index in [2.05, 4.69) is 32.2 Å². The summed E-state index contributed by atoms with van der Waals surface area (Å²) < 4.78 is 6.24. The van der Waals surface area contributed by atoms with E-state index >= 15 is 0 Å². The molecule has 25 heavy (non-hydrogen) atoms. The highest BCUT2D eigenvalue weighted by atomic mass is 16.5. The van der Waals surface area contributed by atoms with E-state index in [4.69, 9.17) is 4.74 Å². The molecule has 0 spiro atoms. The Hall–Kier alpha value is -2.03. The topological polar surface area (TPSA) is 38.3 Å². The minimum atomic E-state index is -0.0576. The van der Waals surface area contributed by atoms with Crippen LogP contribution in [-0.2, 0) is 0 Å². The number of carbonyl (C=O) groups is 1. The van der Waals surface area contributed by atoms with Crippen LogP contribution in [0.5, 0.6) is 5.75 Å². The number of ether oxygens (including phenoxy) is 1. The van der Waals surface area contributed by atoms with Gasteiger partial charge < -0.3 is 10.1 Å². The highest BCUT2D eigenvalue weighted by Gasteiger charge is 2.30. The molecule has 1 saturated carbocycles. The fourth-order valence-corrected chi connectivity index (χ4v) is 3.82. The molecule has 134 valence electrons. The standard InChI is InChI=1S/C22H29NO2/c1-22(2,3)18-8-11-19(12-9-18)25-20-10-7-15-13-17(21(24)23-4)6-5-16(15)14-20/h5-7,10,13-14,18-19H,8-9,11-12H2,1-4H3,(H,23,24). The van der Waals surface area contributed by atoms with Gasteiger partial charge in [0.15, 0.2) is 0 Å². The second-order valence-corrected chi connectivity index (χ2v) is 8.26. The first-order chi connectivity index (χ1) is 11.9. The first-order valence-corrected chi connectivity index (χ1v) is 9.29. The van der Waals surface area contributed by atoms with Crippen LogP contribution in [0.4, 0.5) is 0 Å². The molecule has 1 fully saturated rings. The van der Waals surface area contributed by atoms with Gasteiger partial charge in [0.1, 0.15) is 5.75 Å². The number of nitrogens with one attached hydrogen (secondary N) is 1. The predicted octanol–water partition coefficient (Wildman–Crippen LogP) is 5.18. The van der Waals surface area contributed by atoms with Gasteiger partial charge in [-0.25, -0.2) is 0 Å². The van der Waals surface area contributed by atoms with E-state index in [1.54, 1.807) is 7.05 Å². The Morgan fingerprint density at radius 1 is 1.00 bits per heavy atom. The Labute approximate surface area is 150 Å². The van der Waals surface area contributed by atoms with Crippen LogP contribution in [0.2, 0.25) is 0 Å². The van der Waals surface area contributed by atoms with Gasteiger partial charge in [0.25, 0.3) is 5.91 Å². The molecule has 1 N–H and O–H groups in total. The lowest BCUT2D eigenvalue weighted by atomic mass is 9.72. The second-order valence-electron chi connectivity index (χ2n) is 8.26. The normalized spacial score (nSPS) is 21.1. The van der Waals surface area contributed by atoms with Crippen LogP contribution in [0.25, 0.3) is 10.8 Å². The number of benzene rings is 2. The van der Waals surface area contributed by atoms with Crippen LogP contribution in [0.3, 0.4) is 0 Å². The van der Waals surface area contributed by atoms with E-state index in [0.717, 1.165) is 35.3 Å². The molecule has 0 bridgehead atoms. The van der Waals surface area contributed by atoms with E-state index in [-0.39, 0.29) is 5.91 Å². The molecular weight excluding hydrogens is 310 g/mol. The molecule has 1 aliphatic rings. The Balaban J connectivity index is 1.68. The fourth-order valence-electron chi connectivity index (χ4n) is 3.82. The molecule has 1 aliphatic carbocycles. The van der Waals surface area contributed by atoms with Crippen LogP contribution in [0.15, 0.2) is 36.4 Å². The third-order valence-corrected chi connectivity index (χ3v) is 5.50. The van der Waals surface area contributed by atoms with Gasteiger partial charge in [-0.05, 0) is 72.1 Å². The Bertz CT molecular complexity index is 752. The molecule has 0 heterocycles. The van der Waals surface area contributed by atoms with E-state index in [0.29, 0.717) is 17.1 Å². The van der Waals surface area contributed by atoms with Crippen LogP contribution >= 0.6 is 0 Å². The van der Waals surface area contributed by atoms with E-state index in [1.165, 1.54) is 12.8 Å². The van der Waals surface area contributed by atoms with Gasteiger partial charge in [0.2, 0.25) is 0 Å². The molecule has 1 amide bonds. The van der Waals surface area contributed by atoms with Crippen molar-refractivity contribution >= 4 is 16.7 Å². The minimum absolute atomic E-state index is 0.0576. The molecule has 0 aliphatic heterocycles. The maximum absolute atomic E-state index is 11.7. The van der Waals surface area contributed by atoms with Crippen LogP contribution < -0.4 is 10.1 Å². The maximum atomic E-state index is 11.7. The van der Waals surface area contributed by atoms with E-state index < -0.39 is 0 Å². The highest BCUT2D eigenvalue weighted by molar-refractivity contribution is 5.98. The maximum Gasteiger partial charge on any atom is 0.251 e. The number of hydrogen-bond donors (Lipinski definition) is 1. The van der Waals surface area contributed by atoms with Crippen molar-refractivity contribution in [3.8, 4) is 5.75 Å². The lowest BCUT2D eigenvalue weighted by molar-refractivity contribution is 0.0883. The summed E-state index contributed by atoms with van der Waals surface area (Å²) >= 11 is 0. The molecule has 3 rings (SSSR count). The van der Waals surface area contributed by atoms with Crippen molar-refractivity contribution in [3.05, 3.63) is 42.0 Å². The number of hydrogen-bond acceptors (Lipinski definition) is 2. The highest BCUT2D eigenvalue weighted by Crippen LogP contribution is 2.38. The quantitative estimate of drug-likeness (QED) is 0.836. The van der Waals surface area contributed by atoms with Crippen molar-refractivity contribution < 1.29 is 9.53 Å². The first-order valence-electron chi connectivity index (χ1n) is 9.29. The first kappa shape index (κ1) is 17.8. The summed E-state index contributed by atoms with van der Waals surface area (Å²) in [5.74, 6) is 1.67. The van der Waals surface area contributed by atoms with Gasteiger partial charge in [-0.15, -0.1) is 0 Å². The molecule has 2 aromatic rings. The van der Waals surface area contributed by atoms with E-state index in [1.807, 2.05) is 30.3 Å². The molecule has 0 atom stereocenters. The number of fused-ring (bicyclic) bond motifs is 1. The SMILES string of the molecule is CNC(=O)c1ccc2cc(OC3CCC(C(C)(C)C)CC3)ccc2c1. The summed E-state index contributed by atoms with van der Waals surface area (Å²) in [5.41, 5.74) is 1.08. The fraction of sp³-hybridized carbons (Fsp3) is 0.500. The van der Waals surface area contributed by atoms with Crippen molar-refractivity contribution in [3.63, 3.8) is 0 Å². The summed E-state index contributed by atoms with van der Waals surface area (Å²) in [6.45, 7) is 7.03. The molecule has 3 heteroatoms. The average Bonchev–Trinajstić information content (AvgIpc) is 2.60. The summed E-state index contributed by atoms with van der Waals surface area (Å²) in [5, 5.41) is 4.83. The van der Waals surface area contributed by atoms with E-state index in [9.17, 15) is 4.79 Å². The molecule has 0 radical (unpaired) electrons. The Morgan fingerprint density at radius 3 is 2.28 bits per heavy atom. The zero-order valence-corrected chi connectivity index (χ0v) is 15.8. The number of amides is 1. The number of carbonyl (C=O) groups excluding carboxylic acids is 1. The average molecular weight is 339 g/mol. The van der Waals surface area contributed by atoms with Gasteiger partial charge in [0.05, 0.1) is 6.10 Å². The number of rotatable bonds is 3. The predicted molar refractivity (Wildman–Crippen MR) is 103 cm³/mol. The molecule has 0 unspecified atom stereocenters. The van der Waals surface area contributed by atoms with Crippen molar-refractivity contribution in [1.82, 2.24) is 5.32 Å². The monoisotopic (exact) mass is 339 g/mol. The molecular formula is C22H29NO2.